The number of benzene rings is 2. The Morgan fingerprint density at radius 3 is 2.78 bits per heavy atom. The van der Waals surface area contributed by atoms with Crippen LogP contribution in [-0.4, -0.2) is 45.8 Å². The van der Waals surface area contributed by atoms with Crippen LogP contribution in [0.4, 0.5) is 17.5 Å². The van der Waals surface area contributed by atoms with Crippen LogP contribution in [0.3, 0.4) is 0 Å². The predicted octanol–water partition coefficient (Wildman–Crippen LogP) is 4.77. The first-order valence-corrected chi connectivity index (χ1v) is 10.5. The minimum Gasteiger partial charge on any atom is -0.478 e. The summed E-state index contributed by atoms with van der Waals surface area (Å²) < 4.78 is 5.37. The van der Waals surface area contributed by atoms with Crippen molar-refractivity contribution < 1.29 is 14.6 Å². The first-order valence-electron chi connectivity index (χ1n) is 10.5. The molecule has 2 heterocycles. The van der Waals surface area contributed by atoms with Crippen LogP contribution in [0, 0.1) is 6.92 Å². The van der Waals surface area contributed by atoms with Crippen molar-refractivity contribution in [3.8, 4) is 0 Å². The normalized spacial score (nSPS) is 11.1. The van der Waals surface area contributed by atoms with Gasteiger partial charge in [0, 0.05) is 42.4 Å². The van der Waals surface area contributed by atoms with Gasteiger partial charge in [0.1, 0.15) is 5.52 Å². The van der Waals surface area contributed by atoms with Gasteiger partial charge >= 0.3 is 5.97 Å². The lowest BCUT2D eigenvalue weighted by Gasteiger charge is -2.13. The zero-order chi connectivity index (χ0) is 22.5. The molecule has 8 nitrogen and oxygen atoms in total. The standard InChI is InChI=1S/C24H25N5O3/c1-3-32-11-5-10-25-24-26-14-19-18-9-8-16(23(30)31)13-20(18)28-22(21(19)29-24)27-17-7-4-6-15(2)12-17/h4,6-9,12-14H,3,5,10-11H2,1-2H3,(H,27,28)(H,30,31)(H,25,26,29). The van der Waals surface area contributed by atoms with Gasteiger partial charge in [-0.25, -0.2) is 19.7 Å². The molecule has 3 N–H and O–H groups in total. The Morgan fingerprint density at radius 1 is 1.12 bits per heavy atom. The Kier molecular flexibility index (Phi) is 6.42. The maximum Gasteiger partial charge on any atom is 0.335 e. The van der Waals surface area contributed by atoms with E-state index < -0.39 is 5.97 Å². The molecule has 0 aliphatic heterocycles. The van der Waals surface area contributed by atoms with Gasteiger partial charge in [0.2, 0.25) is 5.95 Å². The van der Waals surface area contributed by atoms with E-state index in [1.165, 1.54) is 0 Å². The Morgan fingerprint density at radius 2 is 2.00 bits per heavy atom. The van der Waals surface area contributed by atoms with Gasteiger partial charge in [-0.2, -0.15) is 0 Å². The minimum atomic E-state index is -0.996. The van der Waals surface area contributed by atoms with Crippen LogP contribution in [0.2, 0.25) is 0 Å². The van der Waals surface area contributed by atoms with E-state index in [4.69, 9.17) is 14.7 Å². The highest BCUT2D eigenvalue weighted by molar-refractivity contribution is 6.10. The number of fused-ring (bicyclic) bond motifs is 3. The third-order valence-electron chi connectivity index (χ3n) is 5.01. The van der Waals surface area contributed by atoms with Gasteiger partial charge in [0.25, 0.3) is 0 Å². The molecule has 0 aliphatic carbocycles. The number of pyridine rings is 1. The number of nitrogens with zero attached hydrogens (tertiary/aromatic N) is 3. The van der Waals surface area contributed by atoms with Crippen molar-refractivity contribution in [3.05, 3.63) is 59.8 Å². The molecular weight excluding hydrogens is 406 g/mol. The fourth-order valence-electron chi connectivity index (χ4n) is 3.47. The molecule has 32 heavy (non-hydrogen) atoms. The van der Waals surface area contributed by atoms with E-state index in [-0.39, 0.29) is 5.56 Å². The highest BCUT2D eigenvalue weighted by Gasteiger charge is 2.14. The summed E-state index contributed by atoms with van der Waals surface area (Å²) in [4.78, 5) is 25.3. The van der Waals surface area contributed by atoms with Crippen molar-refractivity contribution >= 4 is 45.2 Å². The molecule has 2 aromatic carbocycles. The molecule has 0 fully saturated rings. The molecule has 164 valence electrons. The third kappa shape index (κ3) is 4.76. The SMILES string of the molecule is CCOCCCNc1ncc2c(n1)c(Nc1cccc(C)c1)nc1cc(C(=O)O)ccc12. The Hall–Kier alpha value is -3.78. The van der Waals surface area contributed by atoms with Gasteiger partial charge in [0.15, 0.2) is 5.82 Å². The number of rotatable bonds is 9. The molecule has 0 saturated carbocycles. The fraction of sp³-hybridized carbons (Fsp3) is 0.250. The number of hydrogen-bond donors (Lipinski definition) is 3. The van der Waals surface area contributed by atoms with Crippen molar-refractivity contribution in [1.82, 2.24) is 15.0 Å². The number of aromatic nitrogens is 3. The van der Waals surface area contributed by atoms with Gasteiger partial charge in [0.05, 0.1) is 11.1 Å². The molecule has 0 atom stereocenters. The fourth-order valence-corrected chi connectivity index (χ4v) is 3.47. The summed E-state index contributed by atoms with van der Waals surface area (Å²) in [7, 11) is 0. The van der Waals surface area contributed by atoms with E-state index >= 15 is 0 Å². The van der Waals surface area contributed by atoms with Gasteiger partial charge in [-0.15, -0.1) is 0 Å². The van der Waals surface area contributed by atoms with Crippen molar-refractivity contribution in [2.75, 3.05) is 30.4 Å². The van der Waals surface area contributed by atoms with Gasteiger partial charge in [-0.3, -0.25) is 0 Å². The lowest BCUT2D eigenvalue weighted by Crippen LogP contribution is -2.09. The molecule has 0 bridgehead atoms. The van der Waals surface area contributed by atoms with Crippen LogP contribution in [-0.2, 0) is 4.74 Å². The quantitative estimate of drug-likeness (QED) is 0.257. The zero-order valence-corrected chi connectivity index (χ0v) is 18.1. The number of aromatic carboxylic acids is 1. The molecule has 4 rings (SSSR count). The number of carboxylic acids is 1. The third-order valence-corrected chi connectivity index (χ3v) is 5.01. The molecule has 0 spiro atoms. The second-order valence-electron chi connectivity index (χ2n) is 7.43. The monoisotopic (exact) mass is 431 g/mol. The number of carbonyl (C=O) groups is 1. The van der Waals surface area contributed by atoms with Crippen LogP contribution in [0.15, 0.2) is 48.7 Å². The molecule has 2 aromatic heterocycles. The lowest BCUT2D eigenvalue weighted by atomic mass is 10.1. The largest absolute Gasteiger partial charge is 0.478 e. The maximum atomic E-state index is 11.4. The predicted molar refractivity (Wildman–Crippen MR) is 126 cm³/mol. The topological polar surface area (TPSA) is 109 Å². The molecule has 0 aliphatic rings. The maximum absolute atomic E-state index is 11.4. The van der Waals surface area contributed by atoms with Gasteiger partial charge in [-0.1, -0.05) is 18.2 Å². The number of anilines is 3. The number of nitrogens with one attached hydrogen (secondary N) is 2. The minimum absolute atomic E-state index is 0.180. The van der Waals surface area contributed by atoms with Crippen molar-refractivity contribution in [3.63, 3.8) is 0 Å². The van der Waals surface area contributed by atoms with E-state index in [0.29, 0.717) is 42.6 Å². The highest BCUT2D eigenvalue weighted by atomic mass is 16.5. The van der Waals surface area contributed by atoms with Crippen molar-refractivity contribution in [1.29, 1.82) is 0 Å². The first kappa shape index (κ1) is 21.5. The highest BCUT2D eigenvalue weighted by Crippen LogP contribution is 2.31. The second kappa shape index (κ2) is 9.57. The van der Waals surface area contributed by atoms with E-state index in [9.17, 15) is 9.90 Å². The average Bonchev–Trinajstić information content (AvgIpc) is 2.78. The Balaban J connectivity index is 1.77. The zero-order valence-electron chi connectivity index (χ0n) is 18.1. The smallest absolute Gasteiger partial charge is 0.335 e. The molecule has 4 aromatic rings. The lowest BCUT2D eigenvalue weighted by molar-refractivity contribution is 0.0697. The van der Waals surface area contributed by atoms with E-state index in [1.807, 2.05) is 38.1 Å². The summed E-state index contributed by atoms with van der Waals surface area (Å²) in [5, 5.41) is 17.5. The van der Waals surface area contributed by atoms with Crippen LogP contribution >= 0.6 is 0 Å². The number of ether oxygens (including phenoxy) is 1. The summed E-state index contributed by atoms with van der Waals surface area (Å²) in [5.41, 5.74) is 3.38. The van der Waals surface area contributed by atoms with E-state index in [0.717, 1.165) is 28.4 Å². The van der Waals surface area contributed by atoms with E-state index in [2.05, 4.69) is 15.6 Å². The molecule has 0 unspecified atom stereocenters. The van der Waals surface area contributed by atoms with Crippen molar-refractivity contribution in [2.24, 2.45) is 0 Å². The molecule has 0 radical (unpaired) electrons. The second-order valence-corrected chi connectivity index (χ2v) is 7.43. The number of aryl methyl sites for hydroxylation is 1. The van der Waals surface area contributed by atoms with Crippen molar-refractivity contribution in [2.45, 2.75) is 20.3 Å². The summed E-state index contributed by atoms with van der Waals surface area (Å²) in [5.74, 6) is 0.0508. The molecular formula is C24H25N5O3. The van der Waals surface area contributed by atoms with Gasteiger partial charge < -0.3 is 20.5 Å². The summed E-state index contributed by atoms with van der Waals surface area (Å²) in [6.07, 6.45) is 2.59. The van der Waals surface area contributed by atoms with Crippen LogP contribution in [0.1, 0.15) is 29.3 Å². The number of carboxylic acid groups (broad SMARTS) is 1. The first-order chi connectivity index (χ1) is 15.5. The Labute approximate surface area is 185 Å². The molecule has 8 heteroatoms. The Bertz CT molecular complexity index is 1280. The molecule has 0 amide bonds. The van der Waals surface area contributed by atoms with Crippen LogP contribution in [0.5, 0.6) is 0 Å². The number of hydrogen-bond acceptors (Lipinski definition) is 7. The van der Waals surface area contributed by atoms with Crippen LogP contribution < -0.4 is 10.6 Å². The summed E-state index contributed by atoms with van der Waals surface area (Å²) in [6, 6.07) is 12.8. The van der Waals surface area contributed by atoms with Crippen LogP contribution in [0.25, 0.3) is 21.8 Å². The molecule has 0 saturated heterocycles. The van der Waals surface area contributed by atoms with E-state index in [1.54, 1.807) is 24.4 Å². The summed E-state index contributed by atoms with van der Waals surface area (Å²) in [6.45, 7) is 6.05. The average molecular weight is 431 g/mol. The van der Waals surface area contributed by atoms with Gasteiger partial charge in [-0.05, 0) is 50.1 Å². The summed E-state index contributed by atoms with van der Waals surface area (Å²) >= 11 is 0.